The standard InChI is InChI=1S/C11H11BrN2O/c12-8-4-7-2-1-3-15-11(7)9(5-8)10(14)6-13/h4-5,10H,1-3,14H2. The molecule has 0 aromatic heterocycles. The monoisotopic (exact) mass is 266 g/mol. The molecule has 1 atom stereocenters. The maximum Gasteiger partial charge on any atom is 0.128 e. The summed E-state index contributed by atoms with van der Waals surface area (Å²) in [6.45, 7) is 0.708. The van der Waals surface area contributed by atoms with Crippen molar-refractivity contribution in [2.75, 3.05) is 6.61 Å². The SMILES string of the molecule is N#CC(N)c1cc(Br)cc2c1OCCC2. The van der Waals surface area contributed by atoms with E-state index in [9.17, 15) is 0 Å². The van der Waals surface area contributed by atoms with E-state index in [4.69, 9.17) is 15.7 Å². The first kappa shape index (κ1) is 10.5. The number of rotatable bonds is 1. The van der Waals surface area contributed by atoms with Gasteiger partial charge in [-0.25, -0.2) is 0 Å². The number of nitrogens with two attached hydrogens (primary N) is 1. The summed E-state index contributed by atoms with van der Waals surface area (Å²) in [6, 6.07) is 5.31. The molecule has 0 radical (unpaired) electrons. The molecule has 4 heteroatoms. The first-order valence-electron chi connectivity index (χ1n) is 4.82. The maximum absolute atomic E-state index is 8.83. The first-order valence-corrected chi connectivity index (χ1v) is 5.62. The van der Waals surface area contributed by atoms with Crippen LogP contribution in [0, 0.1) is 11.3 Å². The topological polar surface area (TPSA) is 59.0 Å². The fourth-order valence-corrected chi connectivity index (χ4v) is 2.30. The molecule has 2 rings (SSSR count). The molecule has 78 valence electrons. The molecule has 0 saturated heterocycles. The molecule has 0 bridgehead atoms. The van der Waals surface area contributed by atoms with E-state index in [1.165, 1.54) is 0 Å². The molecule has 1 aromatic carbocycles. The number of nitrogens with zero attached hydrogens (tertiary/aromatic N) is 1. The van der Waals surface area contributed by atoms with Gasteiger partial charge in [0.1, 0.15) is 11.8 Å². The van der Waals surface area contributed by atoms with E-state index < -0.39 is 6.04 Å². The van der Waals surface area contributed by atoms with Crippen molar-refractivity contribution in [1.29, 1.82) is 5.26 Å². The molecular weight excluding hydrogens is 256 g/mol. The highest BCUT2D eigenvalue weighted by Gasteiger charge is 2.19. The molecule has 1 heterocycles. The lowest BCUT2D eigenvalue weighted by molar-refractivity contribution is 0.284. The average Bonchev–Trinajstić information content (AvgIpc) is 2.26. The van der Waals surface area contributed by atoms with Crippen molar-refractivity contribution in [3.05, 3.63) is 27.7 Å². The number of fused-ring (bicyclic) bond motifs is 1. The summed E-state index contributed by atoms with van der Waals surface area (Å²) in [6.07, 6.45) is 2.00. The molecule has 1 unspecified atom stereocenters. The Labute approximate surface area is 97.0 Å². The third-order valence-corrected chi connectivity index (χ3v) is 2.93. The number of nitriles is 1. The van der Waals surface area contributed by atoms with Crippen LogP contribution in [0.3, 0.4) is 0 Å². The summed E-state index contributed by atoms with van der Waals surface area (Å²) in [7, 11) is 0. The molecule has 0 amide bonds. The van der Waals surface area contributed by atoms with E-state index in [0.717, 1.165) is 34.2 Å². The zero-order chi connectivity index (χ0) is 10.8. The second-order valence-corrected chi connectivity index (χ2v) is 4.46. The van der Waals surface area contributed by atoms with Gasteiger partial charge in [0.15, 0.2) is 0 Å². The Morgan fingerprint density at radius 3 is 3.07 bits per heavy atom. The van der Waals surface area contributed by atoms with Crippen LogP contribution in [0.5, 0.6) is 5.75 Å². The molecule has 1 aliphatic rings. The van der Waals surface area contributed by atoms with Crippen molar-refractivity contribution in [1.82, 2.24) is 0 Å². The van der Waals surface area contributed by atoms with Gasteiger partial charge in [0.2, 0.25) is 0 Å². The summed E-state index contributed by atoms with van der Waals surface area (Å²) < 4.78 is 6.53. The van der Waals surface area contributed by atoms with Gasteiger partial charge >= 0.3 is 0 Å². The quantitative estimate of drug-likeness (QED) is 0.849. The van der Waals surface area contributed by atoms with Gasteiger partial charge in [0, 0.05) is 10.0 Å². The molecule has 2 N–H and O–H groups in total. The third kappa shape index (κ3) is 1.99. The van der Waals surface area contributed by atoms with Crippen LogP contribution in [0.4, 0.5) is 0 Å². The molecular formula is C11H11BrN2O. The maximum atomic E-state index is 8.83. The van der Waals surface area contributed by atoms with E-state index in [1.807, 2.05) is 18.2 Å². The lowest BCUT2D eigenvalue weighted by Gasteiger charge is -2.21. The normalized spacial score (nSPS) is 16.1. The highest BCUT2D eigenvalue weighted by Crippen LogP contribution is 2.34. The zero-order valence-corrected chi connectivity index (χ0v) is 9.75. The Kier molecular flexibility index (Phi) is 2.94. The summed E-state index contributed by atoms with van der Waals surface area (Å²) >= 11 is 3.42. The number of benzene rings is 1. The predicted molar refractivity (Wildman–Crippen MR) is 60.5 cm³/mol. The summed E-state index contributed by atoms with van der Waals surface area (Å²) in [5, 5.41) is 8.83. The number of hydrogen-bond donors (Lipinski definition) is 1. The molecule has 0 spiro atoms. The van der Waals surface area contributed by atoms with Crippen molar-refractivity contribution in [2.24, 2.45) is 5.73 Å². The summed E-state index contributed by atoms with van der Waals surface area (Å²) in [5.41, 5.74) is 7.64. The van der Waals surface area contributed by atoms with Crippen LogP contribution in [0.15, 0.2) is 16.6 Å². The number of aryl methyl sites for hydroxylation is 1. The van der Waals surface area contributed by atoms with E-state index in [1.54, 1.807) is 0 Å². The molecule has 0 saturated carbocycles. The lowest BCUT2D eigenvalue weighted by atomic mass is 9.99. The number of ether oxygens (including phenoxy) is 1. The van der Waals surface area contributed by atoms with E-state index in [0.29, 0.717) is 6.61 Å². The van der Waals surface area contributed by atoms with Crippen LogP contribution in [-0.2, 0) is 6.42 Å². The lowest BCUT2D eigenvalue weighted by Crippen LogP contribution is -2.15. The summed E-state index contributed by atoms with van der Waals surface area (Å²) in [4.78, 5) is 0. The van der Waals surface area contributed by atoms with Crippen LogP contribution in [0.25, 0.3) is 0 Å². The van der Waals surface area contributed by atoms with Gasteiger partial charge in [-0.15, -0.1) is 0 Å². The number of hydrogen-bond acceptors (Lipinski definition) is 3. The van der Waals surface area contributed by atoms with Crippen molar-refractivity contribution in [3.63, 3.8) is 0 Å². The highest BCUT2D eigenvalue weighted by molar-refractivity contribution is 9.10. The Hall–Kier alpha value is -1.05. The van der Waals surface area contributed by atoms with E-state index in [-0.39, 0.29) is 0 Å². The second kappa shape index (κ2) is 4.21. The highest BCUT2D eigenvalue weighted by atomic mass is 79.9. The van der Waals surface area contributed by atoms with Gasteiger partial charge in [0.25, 0.3) is 0 Å². The fraction of sp³-hybridized carbons (Fsp3) is 0.364. The van der Waals surface area contributed by atoms with Crippen LogP contribution in [0.1, 0.15) is 23.6 Å². The van der Waals surface area contributed by atoms with Crippen molar-refractivity contribution in [3.8, 4) is 11.8 Å². The van der Waals surface area contributed by atoms with Crippen molar-refractivity contribution >= 4 is 15.9 Å². The third-order valence-electron chi connectivity index (χ3n) is 2.47. The molecule has 1 aliphatic heterocycles. The Balaban J connectivity index is 2.53. The fourth-order valence-electron chi connectivity index (χ4n) is 1.77. The van der Waals surface area contributed by atoms with Gasteiger partial charge in [-0.2, -0.15) is 5.26 Å². The first-order chi connectivity index (χ1) is 7.22. The zero-order valence-electron chi connectivity index (χ0n) is 8.16. The van der Waals surface area contributed by atoms with Gasteiger partial charge in [-0.05, 0) is 30.5 Å². The Morgan fingerprint density at radius 1 is 1.53 bits per heavy atom. The Bertz CT molecular complexity index is 425. The van der Waals surface area contributed by atoms with Gasteiger partial charge in [0.05, 0.1) is 12.7 Å². The molecule has 3 nitrogen and oxygen atoms in total. The van der Waals surface area contributed by atoms with Crippen LogP contribution in [0.2, 0.25) is 0 Å². The van der Waals surface area contributed by atoms with Gasteiger partial charge in [-0.3, -0.25) is 0 Å². The van der Waals surface area contributed by atoms with Gasteiger partial charge in [-0.1, -0.05) is 15.9 Å². The molecule has 1 aromatic rings. The minimum absolute atomic E-state index is 0.616. The largest absolute Gasteiger partial charge is 0.493 e. The minimum Gasteiger partial charge on any atom is -0.493 e. The second-order valence-electron chi connectivity index (χ2n) is 3.54. The van der Waals surface area contributed by atoms with Crippen molar-refractivity contribution in [2.45, 2.75) is 18.9 Å². The van der Waals surface area contributed by atoms with E-state index in [2.05, 4.69) is 15.9 Å². The minimum atomic E-state index is -0.616. The smallest absolute Gasteiger partial charge is 0.128 e. The molecule has 0 fully saturated rings. The predicted octanol–water partition coefficient (Wildman–Crippen LogP) is 2.30. The van der Waals surface area contributed by atoms with Crippen LogP contribution in [-0.4, -0.2) is 6.61 Å². The molecule has 15 heavy (non-hydrogen) atoms. The Morgan fingerprint density at radius 2 is 2.33 bits per heavy atom. The van der Waals surface area contributed by atoms with Gasteiger partial charge < -0.3 is 10.5 Å². The average molecular weight is 267 g/mol. The summed E-state index contributed by atoms with van der Waals surface area (Å²) in [5.74, 6) is 0.804. The van der Waals surface area contributed by atoms with E-state index >= 15 is 0 Å². The van der Waals surface area contributed by atoms with Crippen molar-refractivity contribution < 1.29 is 4.74 Å². The van der Waals surface area contributed by atoms with Crippen LogP contribution >= 0.6 is 15.9 Å². The van der Waals surface area contributed by atoms with Crippen LogP contribution < -0.4 is 10.5 Å². The number of halogens is 1. The molecule has 0 aliphatic carbocycles.